The maximum absolute atomic E-state index is 6.07. The number of benzene rings is 1. The van der Waals surface area contributed by atoms with E-state index in [4.69, 9.17) is 9.31 Å². The van der Waals surface area contributed by atoms with Crippen molar-refractivity contribution in [3.63, 3.8) is 0 Å². The minimum Gasteiger partial charge on any atom is -0.399 e. The van der Waals surface area contributed by atoms with Gasteiger partial charge in [-0.05, 0) is 45.8 Å². The summed E-state index contributed by atoms with van der Waals surface area (Å²) in [6, 6.07) is 8.30. The topological polar surface area (TPSA) is 30.5 Å². The molecule has 1 aliphatic heterocycles. The second-order valence-corrected chi connectivity index (χ2v) is 6.22. The highest BCUT2D eigenvalue weighted by molar-refractivity contribution is 6.62. The first-order valence-corrected chi connectivity index (χ1v) is 7.12. The van der Waals surface area contributed by atoms with Crippen molar-refractivity contribution in [3.8, 4) is 0 Å². The van der Waals surface area contributed by atoms with Gasteiger partial charge in [-0.25, -0.2) is 0 Å². The molecule has 4 heteroatoms. The summed E-state index contributed by atoms with van der Waals surface area (Å²) in [5.74, 6) is 0. The van der Waals surface area contributed by atoms with E-state index in [9.17, 15) is 0 Å². The molecule has 0 bridgehead atoms. The second-order valence-electron chi connectivity index (χ2n) is 6.22. The molecule has 0 amide bonds. The van der Waals surface area contributed by atoms with E-state index in [0.29, 0.717) is 0 Å². The van der Waals surface area contributed by atoms with E-state index in [1.54, 1.807) is 0 Å². The quantitative estimate of drug-likeness (QED) is 0.853. The van der Waals surface area contributed by atoms with Crippen LogP contribution in [0.25, 0.3) is 6.08 Å². The summed E-state index contributed by atoms with van der Waals surface area (Å²) in [6.07, 6.45) is 4.20. The van der Waals surface area contributed by atoms with Gasteiger partial charge in [0.25, 0.3) is 0 Å². The molecule has 1 aromatic carbocycles. The second kappa shape index (κ2) is 5.72. The molecule has 1 aliphatic rings. The predicted octanol–water partition coefficient (Wildman–Crippen LogP) is 2.22. The molecule has 0 atom stereocenters. The van der Waals surface area contributed by atoms with Crippen LogP contribution in [0.5, 0.6) is 0 Å². The lowest BCUT2D eigenvalue weighted by Gasteiger charge is -2.32. The van der Waals surface area contributed by atoms with E-state index in [2.05, 4.69) is 63.4 Å². The normalized spacial score (nSPS) is 20.8. The van der Waals surface area contributed by atoms with Crippen molar-refractivity contribution in [2.45, 2.75) is 38.9 Å². The minimum absolute atomic E-state index is 0.294. The molecule has 1 N–H and O–H groups in total. The third kappa shape index (κ3) is 3.14. The summed E-state index contributed by atoms with van der Waals surface area (Å²) in [4.78, 5) is 0. The van der Waals surface area contributed by atoms with Gasteiger partial charge in [0.05, 0.1) is 11.2 Å². The first kappa shape index (κ1) is 15.3. The summed E-state index contributed by atoms with van der Waals surface area (Å²) in [5, 5.41) is 3.09. The van der Waals surface area contributed by atoms with Crippen molar-refractivity contribution >= 4 is 18.7 Å². The van der Waals surface area contributed by atoms with Gasteiger partial charge in [0, 0.05) is 6.54 Å². The molecule has 20 heavy (non-hydrogen) atoms. The van der Waals surface area contributed by atoms with Gasteiger partial charge in [0.2, 0.25) is 0 Å². The van der Waals surface area contributed by atoms with Crippen molar-refractivity contribution in [1.29, 1.82) is 0 Å². The van der Waals surface area contributed by atoms with Crippen molar-refractivity contribution in [2.75, 3.05) is 13.6 Å². The third-order valence-electron chi connectivity index (χ3n) is 4.07. The monoisotopic (exact) mass is 273 g/mol. The molecule has 1 fully saturated rings. The van der Waals surface area contributed by atoms with E-state index in [1.165, 1.54) is 0 Å². The fourth-order valence-electron chi connectivity index (χ4n) is 2.10. The third-order valence-corrected chi connectivity index (χ3v) is 4.07. The van der Waals surface area contributed by atoms with E-state index < -0.39 is 0 Å². The molecular formula is C16H24BNO2. The van der Waals surface area contributed by atoms with Crippen molar-refractivity contribution in [3.05, 3.63) is 35.9 Å². The molecule has 0 unspecified atom stereocenters. The largest absolute Gasteiger partial charge is 0.494 e. The Kier molecular flexibility index (Phi) is 4.38. The van der Waals surface area contributed by atoms with Gasteiger partial charge in [-0.2, -0.15) is 0 Å². The SMILES string of the molecule is CNCC=Cc1cccc(B2OC(C)(C)C(C)(C)O2)c1. The Morgan fingerprint density at radius 1 is 1.15 bits per heavy atom. The molecule has 108 valence electrons. The van der Waals surface area contributed by atoms with Crippen LogP contribution in [0.15, 0.2) is 30.3 Å². The van der Waals surface area contributed by atoms with Gasteiger partial charge >= 0.3 is 7.12 Å². The summed E-state index contributed by atoms with van der Waals surface area (Å²) >= 11 is 0. The Labute approximate surface area is 122 Å². The van der Waals surface area contributed by atoms with Crippen LogP contribution in [-0.2, 0) is 9.31 Å². The lowest BCUT2D eigenvalue weighted by Crippen LogP contribution is -2.41. The average molecular weight is 273 g/mol. The molecule has 1 aromatic rings. The van der Waals surface area contributed by atoms with Crippen LogP contribution in [0.4, 0.5) is 0 Å². The van der Waals surface area contributed by atoms with Gasteiger partial charge in [0.1, 0.15) is 0 Å². The van der Waals surface area contributed by atoms with E-state index >= 15 is 0 Å². The van der Waals surface area contributed by atoms with Crippen LogP contribution in [-0.4, -0.2) is 31.9 Å². The molecule has 1 heterocycles. The molecule has 0 saturated carbocycles. The zero-order valence-corrected chi connectivity index (χ0v) is 13.1. The molecule has 0 radical (unpaired) electrons. The highest BCUT2D eigenvalue weighted by atomic mass is 16.7. The Morgan fingerprint density at radius 2 is 1.80 bits per heavy atom. The average Bonchev–Trinajstić information content (AvgIpc) is 2.59. The van der Waals surface area contributed by atoms with Crippen molar-refractivity contribution in [1.82, 2.24) is 5.32 Å². The fourth-order valence-corrected chi connectivity index (χ4v) is 2.10. The first-order chi connectivity index (χ1) is 9.36. The summed E-state index contributed by atoms with van der Waals surface area (Å²) in [5.41, 5.74) is 1.63. The van der Waals surface area contributed by atoms with Crippen LogP contribution in [0.1, 0.15) is 33.3 Å². The van der Waals surface area contributed by atoms with Gasteiger partial charge < -0.3 is 14.6 Å². The fraction of sp³-hybridized carbons (Fsp3) is 0.500. The van der Waals surface area contributed by atoms with Crippen LogP contribution in [0.2, 0.25) is 0 Å². The summed E-state index contributed by atoms with van der Waals surface area (Å²) in [7, 11) is 1.64. The van der Waals surface area contributed by atoms with Gasteiger partial charge in [-0.1, -0.05) is 36.4 Å². The smallest absolute Gasteiger partial charge is 0.399 e. The first-order valence-electron chi connectivity index (χ1n) is 7.12. The molecule has 0 spiro atoms. The minimum atomic E-state index is -0.296. The van der Waals surface area contributed by atoms with Crippen molar-refractivity contribution in [2.24, 2.45) is 0 Å². The number of hydrogen-bond donors (Lipinski definition) is 1. The lowest BCUT2D eigenvalue weighted by atomic mass is 9.78. The van der Waals surface area contributed by atoms with E-state index in [-0.39, 0.29) is 18.3 Å². The van der Waals surface area contributed by atoms with Gasteiger partial charge in [-0.3, -0.25) is 0 Å². The number of rotatable bonds is 4. The standard InChI is InChI=1S/C16H24BNO2/c1-15(2)16(3,4)20-17(19-15)14-10-6-8-13(12-14)9-7-11-18-5/h6-10,12,18H,11H2,1-5H3. The zero-order valence-electron chi connectivity index (χ0n) is 13.1. The maximum atomic E-state index is 6.07. The Balaban J connectivity index is 2.17. The number of likely N-dealkylation sites (N-methyl/N-ethyl adjacent to an activating group) is 1. The number of hydrogen-bond acceptors (Lipinski definition) is 3. The Morgan fingerprint density at radius 3 is 2.40 bits per heavy atom. The van der Waals surface area contributed by atoms with Gasteiger partial charge in [-0.15, -0.1) is 0 Å². The molecule has 1 saturated heterocycles. The molecule has 0 aromatic heterocycles. The van der Waals surface area contributed by atoms with Crippen LogP contribution >= 0.6 is 0 Å². The van der Waals surface area contributed by atoms with Crippen LogP contribution in [0, 0.1) is 0 Å². The molecule has 3 nitrogen and oxygen atoms in total. The van der Waals surface area contributed by atoms with Crippen LogP contribution in [0.3, 0.4) is 0 Å². The highest BCUT2D eigenvalue weighted by Gasteiger charge is 2.51. The Hall–Kier alpha value is -1.10. The summed E-state index contributed by atoms with van der Waals surface area (Å²) in [6.45, 7) is 9.15. The molecule has 2 rings (SSSR count). The maximum Gasteiger partial charge on any atom is 0.494 e. The number of nitrogens with one attached hydrogen (secondary N) is 1. The highest BCUT2D eigenvalue weighted by Crippen LogP contribution is 2.36. The zero-order chi connectivity index (χ0) is 14.8. The summed E-state index contributed by atoms with van der Waals surface area (Å²) < 4.78 is 12.1. The van der Waals surface area contributed by atoms with Crippen molar-refractivity contribution < 1.29 is 9.31 Å². The predicted molar refractivity (Wildman–Crippen MR) is 85.1 cm³/mol. The van der Waals surface area contributed by atoms with Crippen LogP contribution < -0.4 is 10.8 Å². The molecular weight excluding hydrogens is 249 g/mol. The van der Waals surface area contributed by atoms with E-state index in [1.807, 2.05) is 13.1 Å². The Bertz CT molecular complexity index is 481. The lowest BCUT2D eigenvalue weighted by molar-refractivity contribution is 0.00578. The molecule has 0 aliphatic carbocycles. The van der Waals surface area contributed by atoms with Gasteiger partial charge in [0.15, 0.2) is 0 Å². The van der Waals surface area contributed by atoms with E-state index in [0.717, 1.165) is 17.6 Å².